The summed E-state index contributed by atoms with van der Waals surface area (Å²) in [5.41, 5.74) is -3.83. The zero-order valence-corrected chi connectivity index (χ0v) is 16.3. The summed E-state index contributed by atoms with van der Waals surface area (Å²) in [6.45, 7) is -1.13. The minimum Gasteiger partial charge on any atom is -0.394 e. The topological polar surface area (TPSA) is 84.6 Å². The molecular weight excluding hydrogens is 423 g/mol. The largest absolute Gasteiger partial charge is 0.417 e. The Hall–Kier alpha value is -2.93. The van der Waals surface area contributed by atoms with E-state index in [1.54, 1.807) is 12.1 Å². The van der Waals surface area contributed by atoms with Crippen molar-refractivity contribution < 1.29 is 27.9 Å². The fourth-order valence-corrected chi connectivity index (χ4v) is 3.82. The van der Waals surface area contributed by atoms with E-state index >= 15 is 0 Å². The monoisotopic (exact) mass is 437 g/mol. The molecule has 30 heavy (non-hydrogen) atoms. The number of likely N-dealkylation sites (N-methyl/N-ethyl adjacent to an activating group) is 1. The van der Waals surface area contributed by atoms with E-state index < -0.39 is 41.3 Å². The molecule has 2 aromatic carbocycles. The predicted octanol–water partition coefficient (Wildman–Crippen LogP) is 2.92. The SMILES string of the molecule is CN1CC(=O)N(c2ccc(C#N)c(C(F)(F)F)c2)C(=O)C1(CO)c1ccccc1Cl. The van der Waals surface area contributed by atoms with Crippen molar-refractivity contribution in [2.75, 3.05) is 25.1 Å². The quantitative estimate of drug-likeness (QED) is 0.746. The van der Waals surface area contributed by atoms with Crippen LogP contribution in [0.4, 0.5) is 18.9 Å². The number of anilines is 1. The molecule has 1 unspecified atom stereocenters. The van der Waals surface area contributed by atoms with Crippen LogP contribution in [0.2, 0.25) is 5.02 Å². The van der Waals surface area contributed by atoms with Gasteiger partial charge in [-0.3, -0.25) is 14.5 Å². The van der Waals surface area contributed by atoms with Crippen LogP contribution in [0.5, 0.6) is 0 Å². The molecule has 1 heterocycles. The number of piperazine rings is 1. The standard InChI is InChI=1S/C20H15ClF3N3O3/c1-26-10-17(29)27(13-7-6-12(9-25)15(8-13)20(22,23)24)18(30)19(26,11-28)14-4-2-3-5-16(14)21/h2-8,28H,10-11H2,1H3. The molecule has 3 rings (SSSR count). The maximum Gasteiger partial charge on any atom is 0.417 e. The smallest absolute Gasteiger partial charge is 0.394 e. The number of alkyl halides is 3. The average Bonchev–Trinajstić information content (AvgIpc) is 2.69. The van der Waals surface area contributed by atoms with Gasteiger partial charge in [-0.25, -0.2) is 4.90 Å². The third kappa shape index (κ3) is 3.33. The van der Waals surface area contributed by atoms with E-state index in [9.17, 15) is 27.9 Å². The van der Waals surface area contributed by atoms with E-state index in [-0.39, 0.29) is 22.8 Å². The zero-order valence-electron chi connectivity index (χ0n) is 15.6. The number of carbonyl (C=O) groups is 2. The van der Waals surface area contributed by atoms with Gasteiger partial charge in [0.15, 0.2) is 5.54 Å². The van der Waals surface area contributed by atoms with Gasteiger partial charge < -0.3 is 5.11 Å². The van der Waals surface area contributed by atoms with Crippen molar-refractivity contribution in [1.29, 1.82) is 5.26 Å². The highest BCUT2D eigenvalue weighted by atomic mass is 35.5. The minimum absolute atomic E-state index is 0.150. The van der Waals surface area contributed by atoms with Crippen molar-refractivity contribution in [3.05, 3.63) is 64.2 Å². The zero-order chi connectivity index (χ0) is 22.3. The molecule has 1 N–H and O–H groups in total. The summed E-state index contributed by atoms with van der Waals surface area (Å²) in [6, 6.07) is 10.2. The van der Waals surface area contributed by atoms with Crippen LogP contribution in [0, 0.1) is 11.3 Å². The second kappa shape index (κ2) is 7.72. The number of imide groups is 1. The molecule has 0 saturated carbocycles. The number of nitrogens with zero attached hydrogens (tertiary/aromatic N) is 3. The molecule has 1 saturated heterocycles. The summed E-state index contributed by atoms with van der Waals surface area (Å²) in [7, 11) is 1.44. The van der Waals surface area contributed by atoms with Crippen LogP contribution in [0.1, 0.15) is 16.7 Å². The van der Waals surface area contributed by atoms with Gasteiger partial charge >= 0.3 is 6.18 Å². The fourth-order valence-electron chi connectivity index (χ4n) is 3.53. The summed E-state index contributed by atoms with van der Waals surface area (Å²) in [5, 5.41) is 19.3. The highest BCUT2D eigenvalue weighted by Gasteiger charge is 2.53. The maximum absolute atomic E-state index is 13.5. The Morgan fingerprint density at radius 2 is 1.90 bits per heavy atom. The summed E-state index contributed by atoms with van der Waals surface area (Å²) in [4.78, 5) is 28.0. The number of halogens is 4. The number of benzene rings is 2. The van der Waals surface area contributed by atoms with Crippen molar-refractivity contribution in [1.82, 2.24) is 4.90 Å². The first-order valence-corrected chi connectivity index (χ1v) is 9.01. The molecule has 6 nitrogen and oxygen atoms in total. The molecule has 1 aliphatic rings. The van der Waals surface area contributed by atoms with Gasteiger partial charge in [0.2, 0.25) is 5.91 Å². The molecule has 2 amide bonds. The number of hydrogen-bond acceptors (Lipinski definition) is 5. The third-order valence-corrected chi connectivity index (χ3v) is 5.40. The first-order chi connectivity index (χ1) is 14.1. The van der Waals surface area contributed by atoms with Crippen molar-refractivity contribution in [3.8, 4) is 6.07 Å². The van der Waals surface area contributed by atoms with E-state index in [1.807, 2.05) is 0 Å². The molecule has 1 fully saturated rings. The van der Waals surface area contributed by atoms with Crippen molar-refractivity contribution in [2.24, 2.45) is 0 Å². The number of hydrogen-bond donors (Lipinski definition) is 1. The van der Waals surface area contributed by atoms with E-state index in [2.05, 4.69) is 0 Å². The number of carbonyl (C=O) groups excluding carboxylic acids is 2. The normalized spacial score (nSPS) is 20.4. The van der Waals surface area contributed by atoms with Crippen LogP contribution < -0.4 is 4.90 Å². The Morgan fingerprint density at radius 1 is 1.23 bits per heavy atom. The van der Waals surface area contributed by atoms with Crippen LogP contribution in [0.3, 0.4) is 0 Å². The number of amides is 2. The van der Waals surface area contributed by atoms with E-state index in [0.29, 0.717) is 11.0 Å². The highest BCUT2D eigenvalue weighted by molar-refractivity contribution is 6.32. The van der Waals surface area contributed by atoms with Crippen LogP contribution in [0.25, 0.3) is 0 Å². The number of aliphatic hydroxyl groups excluding tert-OH is 1. The number of rotatable bonds is 3. The summed E-state index contributed by atoms with van der Waals surface area (Å²) in [5.74, 6) is -1.73. The van der Waals surface area contributed by atoms with Gasteiger partial charge in [-0.2, -0.15) is 18.4 Å². The number of nitriles is 1. The number of aliphatic hydroxyl groups is 1. The van der Waals surface area contributed by atoms with Crippen molar-refractivity contribution in [3.63, 3.8) is 0 Å². The lowest BCUT2D eigenvalue weighted by Crippen LogP contribution is -2.66. The second-order valence-electron chi connectivity index (χ2n) is 6.73. The molecule has 10 heteroatoms. The van der Waals surface area contributed by atoms with E-state index in [0.717, 1.165) is 12.1 Å². The molecule has 2 aromatic rings. The van der Waals surface area contributed by atoms with Gasteiger partial charge in [-0.05, 0) is 31.3 Å². The lowest BCUT2D eigenvalue weighted by Gasteiger charge is -2.46. The third-order valence-electron chi connectivity index (χ3n) is 5.07. The Balaban J connectivity index is 2.20. The van der Waals surface area contributed by atoms with Gasteiger partial charge in [0.1, 0.15) is 0 Å². The van der Waals surface area contributed by atoms with Gasteiger partial charge in [0.25, 0.3) is 5.91 Å². The average molecular weight is 438 g/mol. The van der Waals surface area contributed by atoms with Gasteiger partial charge in [0.05, 0.1) is 36.0 Å². The summed E-state index contributed by atoms with van der Waals surface area (Å²) in [6.07, 6.45) is -4.86. The lowest BCUT2D eigenvalue weighted by molar-refractivity contribution is -0.145. The second-order valence-corrected chi connectivity index (χ2v) is 7.14. The molecule has 0 spiro atoms. The molecule has 0 aromatic heterocycles. The first-order valence-electron chi connectivity index (χ1n) is 8.63. The van der Waals surface area contributed by atoms with Crippen molar-refractivity contribution in [2.45, 2.75) is 11.7 Å². The first kappa shape index (κ1) is 21.8. The Bertz CT molecular complexity index is 1070. The molecule has 0 radical (unpaired) electrons. The van der Waals surface area contributed by atoms with Crippen LogP contribution >= 0.6 is 11.6 Å². The predicted molar refractivity (Wildman–Crippen MR) is 101 cm³/mol. The van der Waals surface area contributed by atoms with Crippen LogP contribution in [0.15, 0.2) is 42.5 Å². The van der Waals surface area contributed by atoms with Crippen molar-refractivity contribution >= 4 is 29.1 Å². The molecule has 1 aliphatic heterocycles. The van der Waals surface area contributed by atoms with Gasteiger partial charge in [-0.15, -0.1) is 0 Å². The Morgan fingerprint density at radius 3 is 2.47 bits per heavy atom. The molecular formula is C20H15ClF3N3O3. The Kier molecular flexibility index (Phi) is 5.60. The summed E-state index contributed by atoms with van der Waals surface area (Å²) < 4.78 is 40.1. The Labute approximate surface area is 174 Å². The molecule has 1 atom stereocenters. The molecule has 0 bridgehead atoms. The minimum atomic E-state index is -4.86. The fraction of sp³-hybridized carbons (Fsp3) is 0.250. The van der Waals surface area contributed by atoms with Crippen LogP contribution in [-0.2, 0) is 21.3 Å². The highest BCUT2D eigenvalue weighted by Crippen LogP contribution is 2.40. The lowest BCUT2D eigenvalue weighted by atomic mass is 9.85. The van der Waals surface area contributed by atoms with Crippen LogP contribution in [-0.4, -0.2) is 42.0 Å². The van der Waals surface area contributed by atoms with E-state index in [1.165, 1.54) is 30.1 Å². The maximum atomic E-state index is 13.5. The van der Waals surface area contributed by atoms with E-state index in [4.69, 9.17) is 16.9 Å². The summed E-state index contributed by atoms with van der Waals surface area (Å²) >= 11 is 6.23. The molecule has 156 valence electrons. The molecule has 0 aliphatic carbocycles. The van der Waals surface area contributed by atoms with Gasteiger partial charge in [0, 0.05) is 10.6 Å². The van der Waals surface area contributed by atoms with Gasteiger partial charge in [-0.1, -0.05) is 29.8 Å².